The summed E-state index contributed by atoms with van der Waals surface area (Å²) in [4.78, 5) is 14.1. The topological polar surface area (TPSA) is 29.5 Å². The smallest absolute Gasteiger partial charge is 0.338 e. The third-order valence-corrected chi connectivity index (χ3v) is 3.72. The van der Waals surface area contributed by atoms with E-state index in [-0.39, 0.29) is 5.97 Å². The highest BCUT2D eigenvalue weighted by Gasteiger charge is 2.23. The van der Waals surface area contributed by atoms with Crippen LogP contribution >= 0.6 is 0 Å². The molecule has 108 valence electrons. The standard InChI is InChI=1S/C17H23NO2/c1-13(2)16-11-14(12-18(16)3)9-10-20-17(19)15-7-5-4-6-8-15/h4-8,11,13,16H,9-10,12H2,1-3H3. The predicted molar refractivity (Wildman–Crippen MR) is 80.7 cm³/mol. The Kier molecular flexibility index (Phi) is 4.96. The van der Waals surface area contributed by atoms with Crippen LogP contribution in [-0.4, -0.2) is 37.1 Å². The first-order chi connectivity index (χ1) is 9.58. The van der Waals surface area contributed by atoms with Crippen LogP contribution in [0.4, 0.5) is 0 Å². The molecule has 1 aromatic carbocycles. The molecule has 0 saturated carbocycles. The Labute approximate surface area is 121 Å². The molecule has 1 aliphatic heterocycles. The number of rotatable bonds is 5. The molecule has 0 aliphatic carbocycles. The second-order valence-electron chi connectivity index (χ2n) is 5.73. The number of carbonyl (C=O) groups excluding carboxylic acids is 1. The molecule has 0 amide bonds. The summed E-state index contributed by atoms with van der Waals surface area (Å²) in [7, 11) is 2.14. The van der Waals surface area contributed by atoms with E-state index in [1.54, 1.807) is 12.1 Å². The van der Waals surface area contributed by atoms with Crippen LogP contribution in [0.3, 0.4) is 0 Å². The molecule has 3 nitrogen and oxygen atoms in total. The zero-order chi connectivity index (χ0) is 14.5. The summed E-state index contributed by atoms with van der Waals surface area (Å²) in [5, 5.41) is 0. The molecule has 2 rings (SSSR count). The SMILES string of the molecule is CC(C)C1C=C(CCOC(=O)c2ccccc2)CN1C. The quantitative estimate of drug-likeness (QED) is 0.610. The fraction of sp³-hybridized carbons (Fsp3) is 0.471. The van der Waals surface area contributed by atoms with Crippen molar-refractivity contribution < 1.29 is 9.53 Å². The third kappa shape index (κ3) is 3.70. The summed E-state index contributed by atoms with van der Waals surface area (Å²) >= 11 is 0. The van der Waals surface area contributed by atoms with Gasteiger partial charge in [0.2, 0.25) is 0 Å². The molecule has 0 aromatic heterocycles. The van der Waals surface area contributed by atoms with Gasteiger partial charge in [-0.15, -0.1) is 0 Å². The van der Waals surface area contributed by atoms with Gasteiger partial charge in [0, 0.05) is 19.0 Å². The molecular weight excluding hydrogens is 250 g/mol. The second-order valence-corrected chi connectivity index (χ2v) is 5.73. The number of esters is 1. The third-order valence-electron chi connectivity index (χ3n) is 3.72. The van der Waals surface area contributed by atoms with Crippen LogP contribution < -0.4 is 0 Å². The normalized spacial score (nSPS) is 19.2. The highest BCUT2D eigenvalue weighted by molar-refractivity contribution is 5.89. The van der Waals surface area contributed by atoms with Crippen molar-refractivity contribution in [3.63, 3.8) is 0 Å². The number of likely N-dealkylation sites (N-methyl/N-ethyl adjacent to an activating group) is 1. The van der Waals surface area contributed by atoms with E-state index in [4.69, 9.17) is 4.74 Å². The van der Waals surface area contributed by atoms with Crippen LogP contribution in [0.2, 0.25) is 0 Å². The lowest BCUT2D eigenvalue weighted by atomic mass is 10.0. The molecule has 1 unspecified atom stereocenters. The maximum absolute atomic E-state index is 11.8. The molecule has 0 radical (unpaired) electrons. The van der Waals surface area contributed by atoms with Gasteiger partial charge < -0.3 is 4.74 Å². The molecule has 3 heteroatoms. The minimum Gasteiger partial charge on any atom is -0.462 e. The molecule has 1 aromatic rings. The van der Waals surface area contributed by atoms with Gasteiger partial charge in [0.05, 0.1) is 12.2 Å². The number of hydrogen-bond acceptors (Lipinski definition) is 3. The van der Waals surface area contributed by atoms with Crippen LogP contribution in [0.5, 0.6) is 0 Å². The Bertz CT molecular complexity index is 479. The van der Waals surface area contributed by atoms with E-state index < -0.39 is 0 Å². The van der Waals surface area contributed by atoms with Gasteiger partial charge in [-0.3, -0.25) is 4.90 Å². The fourth-order valence-electron chi connectivity index (χ4n) is 2.64. The second kappa shape index (κ2) is 6.71. The van der Waals surface area contributed by atoms with Gasteiger partial charge in [-0.05, 0) is 25.1 Å². The Morgan fingerprint density at radius 3 is 2.65 bits per heavy atom. The fourth-order valence-corrected chi connectivity index (χ4v) is 2.64. The zero-order valence-corrected chi connectivity index (χ0v) is 12.5. The van der Waals surface area contributed by atoms with Crippen molar-refractivity contribution in [2.24, 2.45) is 5.92 Å². The molecule has 1 atom stereocenters. The minimum absolute atomic E-state index is 0.238. The lowest BCUT2D eigenvalue weighted by Gasteiger charge is -2.22. The molecule has 0 bridgehead atoms. The van der Waals surface area contributed by atoms with Gasteiger partial charge in [-0.2, -0.15) is 0 Å². The van der Waals surface area contributed by atoms with Gasteiger partial charge in [0.1, 0.15) is 0 Å². The molecular formula is C17H23NO2. The van der Waals surface area contributed by atoms with E-state index in [0.717, 1.165) is 13.0 Å². The highest BCUT2D eigenvalue weighted by Crippen LogP contribution is 2.22. The van der Waals surface area contributed by atoms with E-state index in [2.05, 4.69) is 31.9 Å². The van der Waals surface area contributed by atoms with Crippen LogP contribution in [0.25, 0.3) is 0 Å². The van der Waals surface area contributed by atoms with Crippen molar-refractivity contribution in [2.75, 3.05) is 20.2 Å². The Morgan fingerprint density at radius 2 is 2.05 bits per heavy atom. The monoisotopic (exact) mass is 273 g/mol. The van der Waals surface area contributed by atoms with Crippen LogP contribution in [0, 0.1) is 5.92 Å². The summed E-state index contributed by atoms with van der Waals surface area (Å²) in [6.07, 6.45) is 3.15. The van der Waals surface area contributed by atoms with Gasteiger partial charge >= 0.3 is 5.97 Å². The van der Waals surface area contributed by atoms with Crippen molar-refractivity contribution in [1.29, 1.82) is 0 Å². The molecule has 0 fully saturated rings. The molecule has 0 saturated heterocycles. The van der Waals surface area contributed by atoms with E-state index in [9.17, 15) is 4.79 Å². The van der Waals surface area contributed by atoms with Crippen LogP contribution in [-0.2, 0) is 4.74 Å². The number of carbonyl (C=O) groups is 1. The van der Waals surface area contributed by atoms with E-state index in [1.165, 1.54) is 5.57 Å². The van der Waals surface area contributed by atoms with Crippen molar-refractivity contribution >= 4 is 5.97 Å². The number of hydrogen-bond donors (Lipinski definition) is 0. The predicted octanol–water partition coefficient (Wildman–Crippen LogP) is 3.13. The average molecular weight is 273 g/mol. The summed E-state index contributed by atoms with van der Waals surface area (Å²) in [6.45, 7) is 5.90. The van der Waals surface area contributed by atoms with Crippen molar-refractivity contribution in [3.8, 4) is 0 Å². The summed E-state index contributed by atoms with van der Waals surface area (Å²) in [5.74, 6) is 0.377. The van der Waals surface area contributed by atoms with Crippen LogP contribution in [0.15, 0.2) is 42.0 Å². The maximum atomic E-state index is 11.8. The molecule has 1 heterocycles. The first kappa shape index (κ1) is 14.8. The highest BCUT2D eigenvalue weighted by atomic mass is 16.5. The lowest BCUT2D eigenvalue weighted by molar-refractivity contribution is 0.0508. The largest absolute Gasteiger partial charge is 0.462 e. The molecule has 0 spiro atoms. The van der Waals surface area contributed by atoms with Crippen molar-refractivity contribution in [1.82, 2.24) is 4.90 Å². The number of nitrogens with zero attached hydrogens (tertiary/aromatic N) is 1. The average Bonchev–Trinajstić information content (AvgIpc) is 2.81. The minimum atomic E-state index is -0.238. The first-order valence-corrected chi connectivity index (χ1v) is 7.20. The van der Waals surface area contributed by atoms with E-state index in [1.807, 2.05) is 18.2 Å². The first-order valence-electron chi connectivity index (χ1n) is 7.20. The van der Waals surface area contributed by atoms with Gasteiger partial charge in [-0.1, -0.05) is 43.7 Å². The van der Waals surface area contributed by atoms with E-state index in [0.29, 0.717) is 24.1 Å². The van der Waals surface area contributed by atoms with Gasteiger partial charge in [-0.25, -0.2) is 4.79 Å². The Morgan fingerprint density at radius 1 is 1.35 bits per heavy atom. The van der Waals surface area contributed by atoms with E-state index >= 15 is 0 Å². The zero-order valence-electron chi connectivity index (χ0n) is 12.5. The Balaban J connectivity index is 1.80. The van der Waals surface area contributed by atoms with Crippen LogP contribution in [0.1, 0.15) is 30.6 Å². The number of ether oxygens (including phenoxy) is 1. The summed E-state index contributed by atoms with van der Waals surface area (Å²) < 4.78 is 5.32. The Hall–Kier alpha value is -1.61. The maximum Gasteiger partial charge on any atom is 0.338 e. The lowest BCUT2D eigenvalue weighted by Crippen LogP contribution is -2.30. The summed E-state index contributed by atoms with van der Waals surface area (Å²) in [6, 6.07) is 9.65. The molecule has 0 N–H and O–H groups in total. The molecule has 20 heavy (non-hydrogen) atoms. The van der Waals surface area contributed by atoms with Crippen molar-refractivity contribution in [3.05, 3.63) is 47.5 Å². The van der Waals surface area contributed by atoms with Gasteiger partial charge in [0.25, 0.3) is 0 Å². The molecule has 1 aliphatic rings. The summed E-state index contributed by atoms with van der Waals surface area (Å²) in [5.41, 5.74) is 1.98. The number of benzene rings is 1. The van der Waals surface area contributed by atoms with Gasteiger partial charge in [0.15, 0.2) is 0 Å². The van der Waals surface area contributed by atoms with Crippen molar-refractivity contribution in [2.45, 2.75) is 26.3 Å².